The van der Waals surface area contributed by atoms with Gasteiger partial charge in [-0.2, -0.15) is 0 Å². The lowest BCUT2D eigenvalue weighted by atomic mass is 9.33. The van der Waals surface area contributed by atoms with Crippen molar-refractivity contribution in [3.05, 3.63) is 294 Å². The maximum absolute atomic E-state index is 4.69. The molecule has 0 saturated carbocycles. The second-order valence-corrected chi connectivity index (χ2v) is 26.1. The number of fused-ring (bicyclic) bond motifs is 17. The van der Waals surface area contributed by atoms with Crippen LogP contribution in [0.15, 0.2) is 261 Å². The van der Waals surface area contributed by atoms with Crippen molar-refractivity contribution < 1.29 is 0 Å². The van der Waals surface area contributed by atoms with Crippen LogP contribution in [0.2, 0.25) is 0 Å². The lowest BCUT2D eigenvalue weighted by Gasteiger charge is -2.26. The number of para-hydroxylation sites is 4. The first-order valence-corrected chi connectivity index (χ1v) is 32.4. The van der Waals surface area contributed by atoms with Crippen LogP contribution in [0.3, 0.4) is 0 Å². The first kappa shape index (κ1) is 53.3. The fourth-order valence-electron chi connectivity index (χ4n) is 16.8. The third-order valence-corrected chi connectivity index (χ3v) is 20.5. The highest BCUT2D eigenvalue weighted by Crippen LogP contribution is 2.44. The Kier molecular flexibility index (Phi) is 11.5. The van der Waals surface area contributed by atoms with Crippen molar-refractivity contribution in [3.63, 3.8) is 0 Å². The molecule has 0 saturated heterocycles. The van der Waals surface area contributed by atoms with Crippen molar-refractivity contribution in [2.24, 2.45) is 0 Å². The smallest absolute Gasteiger partial charge is 0.243 e. The van der Waals surface area contributed by atoms with Gasteiger partial charge < -0.3 is 18.3 Å². The highest BCUT2D eigenvalue weighted by molar-refractivity contribution is 6.98. The zero-order valence-corrected chi connectivity index (χ0v) is 52.6. The molecule has 0 amide bonds. The van der Waals surface area contributed by atoms with E-state index in [4.69, 9.17) is 0 Å². The van der Waals surface area contributed by atoms with Gasteiger partial charge in [-0.25, -0.2) is 0 Å². The van der Waals surface area contributed by atoms with Crippen molar-refractivity contribution in [2.45, 2.75) is 41.5 Å². The minimum Gasteiger partial charge on any atom is -0.309 e. The monoisotopic (exact) mass is 1190 g/mol. The van der Waals surface area contributed by atoms with Gasteiger partial charge in [-0.3, -0.25) is 9.97 Å². The fourth-order valence-corrected chi connectivity index (χ4v) is 16.8. The molecule has 19 rings (SSSR count). The Hall–Kier alpha value is -11.5. The molecule has 0 bridgehead atoms. The molecule has 0 aliphatic carbocycles. The number of hydrogen-bond donors (Lipinski definition) is 0. The first-order chi connectivity index (χ1) is 45.6. The summed E-state index contributed by atoms with van der Waals surface area (Å²) >= 11 is 0. The van der Waals surface area contributed by atoms with Gasteiger partial charge in [0, 0.05) is 89.0 Å². The topological polar surface area (TPSA) is 45.5 Å². The lowest BCUT2D eigenvalue weighted by Crippen LogP contribution is -2.56. The van der Waals surface area contributed by atoms with Crippen LogP contribution in [-0.4, -0.2) is 34.9 Å². The summed E-state index contributed by atoms with van der Waals surface area (Å²) < 4.78 is 9.93. The molecule has 0 N–H and O–H groups in total. The van der Waals surface area contributed by atoms with Gasteiger partial charge in [-0.15, -0.1) is 0 Å². The molecule has 0 radical (unpaired) electrons. The second-order valence-electron chi connectivity index (χ2n) is 26.1. The summed E-state index contributed by atoms with van der Waals surface area (Å²) in [6, 6.07) is 93.8. The molecule has 0 atom stereocenters. The maximum atomic E-state index is 4.69. The summed E-state index contributed by atoms with van der Waals surface area (Å²) in [5, 5.41) is 16.8. The SMILES string of the molecule is Cc1cc(C)c(B(c2c(C)cc(C)cc2C)c2cc3ccc(-n4c5ccccc5c5cc6c(cc54)c4ccccc4n6-c4ccc5ncccc5c4)cc3c3cc(-n4c5ccccc5c5cc6c(cc54)c4ccccc4n6-c4ccc5ncccc5c4)ccc23)c(C)c1. The normalized spacial score (nSPS) is 12.2. The molecular weight excluding hydrogens is 1130 g/mol. The number of aryl methyl sites for hydroxylation is 6. The molecule has 6 heterocycles. The van der Waals surface area contributed by atoms with E-state index >= 15 is 0 Å². The van der Waals surface area contributed by atoms with E-state index in [1.165, 1.54) is 159 Å². The number of benzene rings is 13. The van der Waals surface area contributed by atoms with E-state index in [9.17, 15) is 0 Å². The Morgan fingerprint density at radius 2 is 0.602 bits per heavy atom. The molecule has 0 fully saturated rings. The summed E-state index contributed by atoms with van der Waals surface area (Å²) in [5.74, 6) is 0. The maximum Gasteiger partial charge on any atom is 0.243 e. The van der Waals surface area contributed by atoms with Gasteiger partial charge in [0.25, 0.3) is 0 Å². The minimum atomic E-state index is -0.0468. The first-order valence-electron chi connectivity index (χ1n) is 32.4. The van der Waals surface area contributed by atoms with E-state index < -0.39 is 0 Å². The average molecular weight is 1190 g/mol. The van der Waals surface area contributed by atoms with Crippen LogP contribution in [0.1, 0.15) is 33.4 Å². The Morgan fingerprint density at radius 3 is 1.01 bits per heavy atom. The number of nitrogens with zero attached hydrogens (tertiary/aromatic N) is 6. The highest BCUT2D eigenvalue weighted by Gasteiger charge is 2.32. The molecule has 0 spiro atoms. The second kappa shape index (κ2) is 20.0. The number of rotatable bonds is 7. The summed E-state index contributed by atoms with van der Waals surface area (Å²) in [5.41, 5.74) is 27.6. The standard InChI is InChI=1S/C86H61BN6/c1-50-37-52(3)85(53(4)38-50)87(86-54(5)39-51(2)40-55(86)6)74-43-56-27-28-61(92-79-25-13-9-21-66(79)72-46-81-70(48-83(72)92)64-19-7-11-23-77(64)90(81)59-30-33-75-57(41-59)17-15-35-88-75)44-68(56)69-45-62(29-32-63(69)74)93-80-26-14-10-22-67(80)73-47-82-71(49-84(73)93)65-20-8-12-24-78(65)91(82)60-31-34-76-58(42-60)18-16-36-89-76/h7-49H,1-6H3. The molecule has 6 aromatic heterocycles. The Morgan fingerprint density at radius 1 is 0.247 bits per heavy atom. The van der Waals surface area contributed by atoms with Gasteiger partial charge in [0.15, 0.2) is 0 Å². The summed E-state index contributed by atoms with van der Waals surface area (Å²) in [6.45, 7) is 13.7. The molecule has 7 heteroatoms. The Labute approximate surface area is 537 Å². The molecular formula is C86H61BN6. The lowest BCUT2D eigenvalue weighted by molar-refractivity contribution is 1.18. The summed E-state index contributed by atoms with van der Waals surface area (Å²) in [7, 11) is 0. The predicted octanol–water partition coefficient (Wildman–Crippen LogP) is 19.8. The summed E-state index contributed by atoms with van der Waals surface area (Å²) in [4.78, 5) is 9.37. The van der Waals surface area contributed by atoms with Gasteiger partial charge in [0.2, 0.25) is 6.71 Å². The van der Waals surface area contributed by atoms with Gasteiger partial charge in [-0.1, -0.05) is 177 Å². The van der Waals surface area contributed by atoms with Gasteiger partial charge in [0.1, 0.15) is 0 Å². The van der Waals surface area contributed by atoms with Crippen LogP contribution in [0.4, 0.5) is 0 Å². The number of pyridine rings is 2. The number of aromatic nitrogens is 6. The summed E-state index contributed by atoms with van der Waals surface area (Å²) in [6.07, 6.45) is 3.74. The van der Waals surface area contributed by atoms with E-state index in [2.05, 4.69) is 306 Å². The molecule has 6 nitrogen and oxygen atoms in total. The van der Waals surface area contributed by atoms with E-state index in [1.54, 1.807) is 0 Å². The van der Waals surface area contributed by atoms with Crippen molar-refractivity contribution >= 4 is 154 Å². The van der Waals surface area contributed by atoms with Gasteiger partial charge in [0.05, 0.1) is 55.2 Å². The molecule has 438 valence electrons. The van der Waals surface area contributed by atoms with Crippen LogP contribution < -0.4 is 16.4 Å². The van der Waals surface area contributed by atoms with E-state index in [1.807, 2.05) is 24.5 Å². The van der Waals surface area contributed by atoms with Gasteiger partial charge in [-0.05, 0) is 184 Å². The van der Waals surface area contributed by atoms with Crippen molar-refractivity contribution in [2.75, 3.05) is 0 Å². The van der Waals surface area contributed by atoms with E-state index in [-0.39, 0.29) is 6.71 Å². The predicted molar refractivity (Wildman–Crippen MR) is 395 cm³/mol. The zero-order chi connectivity index (χ0) is 62.1. The molecule has 0 aliphatic rings. The van der Waals surface area contributed by atoms with Crippen LogP contribution in [-0.2, 0) is 0 Å². The fraction of sp³-hybridized carbons (Fsp3) is 0.0698. The highest BCUT2D eigenvalue weighted by atomic mass is 15.0. The van der Waals surface area contributed by atoms with Gasteiger partial charge >= 0.3 is 0 Å². The third kappa shape index (κ3) is 7.90. The molecule has 13 aromatic carbocycles. The Bertz CT molecular complexity index is 6360. The van der Waals surface area contributed by atoms with Crippen LogP contribution in [0.5, 0.6) is 0 Å². The van der Waals surface area contributed by atoms with E-state index in [0.717, 1.165) is 44.6 Å². The number of hydrogen-bond acceptors (Lipinski definition) is 2. The van der Waals surface area contributed by atoms with Crippen LogP contribution in [0.25, 0.3) is 153 Å². The average Bonchev–Trinajstić information content (AvgIpc) is 1.67. The van der Waals surface area contributed by atoms with Crippen LogP contribution >= 0.6 is 0 Å². The van der Waals surface area contributed by atoms with Crippen molar-refractivity contribution in [3.8, 4) is 22.7 Å². The molecule has 0 unspecified atom stereocenters. The zero-order valence-electron chi connectivity index (χ0n) is 52.6. The third-order valence-electron chi connectivity index (χ3n) is 20.5. The quantitative estimate of drug-likeness (QED) is 0.118. The van der Waals surface area contributed by atoms with E-state index in [0.29, 0.717) is 0 Å². The molecule has 0 aliphatic heterocycles. The van der Waals surface area contributed by atoms with Crippen molar-refractivity contribution in [1.29, 1.82) is 0 Å². The van der Waals surface area contributed by atoms with Crippen molar-refractivity contribution in [1.82, 2.24) is 28.2 Å². The largest absolute Gasteiger partial charge is 0.309 e. The Balaban J connectivity index is 0.892. The molecule has 19 aromatic rings. The molecule has 93 heavy (non-hydrogen) atoms. The van der Waals surface area contributed by atoms with Crippen LogP contribution in [0, 0.1) is 41.5 Å². The minimum absolute atomic E-state index is 0.0468.